The van der Waals surface area contributed by atoms with Crippen LogP contribution in [0.25, 0.3) is 0 Å². The van der Waals surface area contributed by atoms with Crippen LogP contribution >= 0.6 is 0 Å². The minimum absolute atomic E-state index is 0.185. The van der Waals surface area contributed by atoms with Gasteiger partial charge in [-0.25, -0.2) is 8.78 Å². The van der Waals surface area contributed by atoms with Gasteiger partial charge in [-0.2, -0.15) is 0 Å². The molecule has 0 aliphatic carbocycles. The second kappa shape index (κ2) is 5.78. The van der Waals surface area contributed by atoms with Crippen molar-refractivity contribution in [2.24, 2.45) is 5.73 Å². The summed E-state index contributed by atoms with van der Waals surface area (Å²) < 4.78 is 30.6. The zero-order valence-electron chi connectivity index (χ0n) is 8.67. The predicted octanol–water partition coefficient (Wildman–Crippen LogP) is 1.87. The second-order valence-electron chi connectivity index (χ2n) is 3.37. The third-order valence-corrected chi connectivity index (χ3v) is 2.02. The normalized spacial score (nSPS) is 12.8. The SMILES string of the molecule is CCOCC(N)Cc1ccc(F)c(F)c1. The Morgan fingerprint density at radius 2 is 2.07 bits per heavy atom. The molecule has 1 atom stereocenters. The van der Waals surface area contributed by atoms with Gasteiger partial charge in [0, 0.05) is 12.6 Å². The van der Waals surface area contributed by atoms with E-state index in [2.05, 4.69) is 0 Å². The Labute approximate surface area is 88.0 Å². The van der Waals surface area contributed by atoms with E-state index in [1.165, 1.54) is 12.1 Å². The van der Waals surface area contributed by atoms with E-state index >= 15 is 0 Å². The Balaban J connectivity index is 2.53. The van der Waals surface area contributed by atoms with Crippen molar-refractivity contribution >= 4 is 0 Å². The molecule has 0 radical (unpaired) electrons. The highest BCUT2D eigenvalue weighted by Gasteiger charge is 2.07. The van der Waals surface area contributed by atoms with Crippen molar-refractivity contribution in [3.63, 3.8) is 0 Å². The second-order valence-corrected chi connectivity index (χ2v) is 3.37. The average molecular weight is 215 g/mol. The Kier molecular flexibility index (Phi) is 4.65. The summed E-state index contributed by atoms with van der Waals surface area (Å²) in [4.78, 5) is 0. The van der Waals surface area contributed by atoms with Gasteiger partial charge in [0.15, 0.2) is 11.6 Å². The van der Waals surface area contributed by atoms with Crippen LogP contribution in [0.4, 0.5) is 8.78 Å². The minimum Gasteiger partial charge on any atom is -0.380 e. The van der Waals surface area contributed by atoms with E-state index in [1.54, 1.807) is 0 Å². The van der Waals surface area contributed by atoms with Gasteiger partial charge in [-0.05, 0) is 31.0 Å². The summed E-state index contributed by atoms with van der Waals surface area (Å²) in [6.07, 6.45) is 0.483. The maximum atomic E-state index is 12.8. The molecule has 0 saturated carbocycles. The van der Waals surface area contributed by atoms with Crippen molar-refractivity contribution in [1.82, 2.24) is 0 Å². The number of hydrogen-bond acceptors (Lipinski definition) is 2. The summed E-state index contributed by atoms with van der Waals surface area (Å²) in [6, 6.07) is 3.62. The molecule has 15 heavy (non-hydrogen) atoms. The van der Waals surface area contributed by atoms with Crippen LogP contribution in [0.15, 0.2) is 18.2 Å². The molecule has 0 aromatic heterocycles. The molecule has 0 heterocycles. The summed E-state index contributed by atoms with van der Waals surface area (Å²) >= 11 is 0. The summed E-state index contributed by atoms with van der Waals surface area (Å²) in [5, 5.41) is 0. The highest BCUT2D eigenvalue weighted by atomic mass is 19.2. The summed E-state index contributed by atoms with van der Waals surface area (Å²) in [5.74, 6) is -1.67. The molecular weight excluding hydrogens is 200 g/mol. The molecule has 2 N–H and O–H groups in total. The molecule has 2 nitrogen and oxygen atoms in total. The maximum Gasteiger partial charge on any atom is 0.159 e. The number of benzene rings is 1. The number of nitrogens with two attached hydrogens (primary N) is 1. The van der Waals surface area contributed by atoms with Crippen LogP contribution in [-0.2, 0) is 11.2 Å². The van der Waals surface area contributed by atoms with Gasteiger partial charge in [-0.1, -0.05) is 6.07 Å². The molecule has 0 fully saturated rings. The molecule has 0 spiro atoms. The first-order valence-electron chi connectivity index (χ1n) is 4.90. The molecule has 1 rings (SSSR count). The van der Waals surface area contributed by atoms with Crippen molar-refractivity contribution < 1.29 is 13.5 Å². The lowest BCUT2D eigenvalue weighted by atomic mass is 10.1. The Morgan fingerprint density at radius 3 is 2.67 bits per heavy atom. The third-order valence-electron chi connectivity index (χ3n) is 2.02. The molecule has 0 aliphatic heterocycles. The Morgan fingerprint density at radius 1 is 1.33 bits per heavy atom. The van der Waals surface area contributed by atoms with E-state index in [1.807, 2.05) is 6.92 Å². The molecule has 0 bridgehead atoms. The monoisotopic (exact) mass is 215 g/mol. The lowest BCUT2D eigenvalue weighted by Crippen LogP contribution is -2.28. The van der Waals surface area contributed by atoms with Crippen LogP contribution in [-0.4, -0.2) is 19.3 Å². The Bertz CT molecular complexity index is 317. The lowest BCUT2D eigenvalue weighted by molar-refractivity contribution is 0.133. The lowest BCUT2D eigenvalue weighted by Gasteiger charge is -2.11. The summed E-state index contributed by atoms with van der Waals surface area (Å²) in [5.41, 5.74) is 6.42. The largest absolute Gasteiger partial charge is 0.380 e. The highest BCUT2D eigenvalue weighted by molar-refractivity contribution is 5.18. The summed E-state index contributed by atoms with van der Waals surface area (Å²) in [7, 11) is 0. The van der Waals surface area contributed by atoms with Crippen LogP contribution < -0.4 is 5.73 Å². The molecule has 1 aromatic carbocycles. The van der Waals surface area contributed by atoms with E-state index in [0.29, 0.717) is 25.2 Å². The van der Waals surface area contributed by atoms with Crippen molar-refractivity contribution in [2.75, 3.05) is 13.2 Å². The molecular formula is C11H15F2NO. The van der Waals surface area contributed by atoms with Gasteiger partial charge in [0.25, 0.3) is 0 Å². The zero-order chi connectivity index (χ0) is 11.3. The van der Waals surface area contributed by atoms with Crippen LogP contribution in [0.1, 0.15) is 12.5 Å². The molecule has 1 unspecified atom stereocenters. The number of hydrogen-bond donors (Lipinski definition) is 1. The first-order chi connectivity index (χ1) is 7.13. The smallest absolute Gasteiger partial charge is 0.159 e. The average Bonchev–Trinajstić information content (AvgIpc) is 2.20. The maximum absolute atomic E-state index is 12.8. The van der Waals surface area contributed by atoms with E-state index in [0.717, 1.165) is 6.07 Å². The van der Waals surface area contributed by atoms with E-state index in [-0.39, 0.29) is 6.04 Å². The third kappa shape index (κ3) is 3.93. The van der Waals surface area contributed by atoms with Gasteiger partial charge in [0.05, 0.1) is 6.61 Å². The molecule has 0 saturated heterocycles. The van der Waals surface area contributed by atoms with Crippen molar-refractivity contribution in [3.8, 4) is 0 Å². The standard InChI is InChI=1S/C11H15F2NO/c1-2-15-7-9(14)5-8-3-4-10(12)11(13)6-8/h3-4,6,9H,2,5,7,14H2,1H3. The quantitative estimate of drug-likeness (QED) is 0.813. The van der Waals surface area contributed by atoms with Gasteiger partial charge >= 0.3 is 0 Å². The first kappa shape index (κ1) is 12.1. The minimum atomic E-state index is -0.837. The van der Waals surface area contributed by atoms with Crippen LogP contribution in [0.5, 0.6) is 0 Å². The van der Waals surface area contributed by atoms with Gasteiger partial charge in [0.1, 0.15) is 0 Å². The van der Waals surface area contributed by atoms with Gasteiger partial charge < -0.3 is 10.5 Å². The van der Waals surface area contributed by atoms with Gasteiger partial charge in [-0.15, -0.1) is 0 Å². The first-order valence-corrected chi connectivity index (χ1v) is 4.90. The molecule has 84 valence electrons. The van der Waals surface area contributed by atoms with Crippen LogP contribution in [0.3, 0.4) is 0 Å². The molecule has 4 heteroatoms. The number of rotatable bonds is 5. The topological polar surface area (TPSA) is 35.2 Å². The molecule has 0 aliphatic rings. The fraction of sp³-hybridized carbons (Fsp3) is 0.455. The van der Waals surface area contributed by atoms with Crippen molar-refractivity contribution in [3.05, 3.63) is 35.4 Å². The number of halogens is 2. The Hall–Kier alpha value is -1.00. The van der Waals surface area contributed by atoms with Crippen LogP contribution in [0, 0.1) is 11.6 Å². The summed E-state index contributed by atoms with van der Waals surface area (Å²) in [6.45, 7) is 2.91. The molecule has 1 aromatic rings. The predicted molar refractivity (Wildman–Crippen MR) is 54.5 cm³/mol. The van der Waals surface area contributed by atoms with E-state index in [4.69, 9.17) is 10.5 Å². The van der Waals surface area contributed by atoms with Gasteiger partial charge in [-0.3, -0.25) is 0 Å². The van der Waals surface area contributed by atoms with E-state index in [9.17, 15) is 8.78 Å². The fourth-order valence-electron chi connectivity index (χ4n) is 1.30. The van der Waals surface area contributed by atoms with Gasteiger partial charge in [0.2, 0.25) is 0 Å². The number of ether oxygens (including phenoxy) is 1. The molecule has 0 amide bonds. The fourth-order valence-corrected chi connectivity index (χ4v) is 1.30. The van der Waals surface area contributed by atoms with Crippen molar-refractivity contribution in [2.45, 2.75) is 19.4 Å². The zero-order valence-corrected chi connectivity index (χ0v) is 8.67. The highest BCUT2D eigenvalue weighted by Crippen LogP contribution is 2.10. The van der Waals surface area contributed by atoms with E-state index < -0.39 is 11.6 Å². The van der Waals surface area contributed by atoms with Crippen LogP contribution in [0.2, 0.25) is 0 Å². The van der Waals surface area contributed by atoms with Crippen molar-refractivity contribution in [1.29, 1.82) is 0 Å².